The van der Waals surface area contributed by atoms with Crippen LogP contribution in [0.15, 0.2) is 0 Å². The zero-order valence-electron chi connectivity index (χ0n) is 56.0. The van der Waals surface area contributed by atoms with Crippen LogP contribution in [-0.2, 0) is 32.7 Å². The molecule has 0 aliphatic carbocycles. The van der Waals surface area contributed by atoms with Crippen LogP contribution in [-0.4, -0.2) is 70.0 Å². The van der Waals surface area contributed by atoms with Gasteiger partial charge in [-0.25, -0.2) is 0 Å². The summed E-state index contributed by atoms with van der Waals surface area (Å²) in [7, 11) is 1.20. The molecule has 0 spiro atoms. The molecule has 0 radical (unpaired) electrons. The Balaban J connectivity index is 3.83. The summed E-state index contributed by atoms with van der Waals surface area (Å²) in [6, 6.07) is 0. The summed E-state index contributed by atoms with van der Waals surface area (Å²) < 4.78 is 34.3. The summed E-state index contributed by atoms with van der Waals surface area (Å²) in [6.45, 7) is 4.33. The van der Waals surface area contributed by atoms with Crippen LogP contribution in [0.25, 0.3) is 0 Å². The van der Waals surface area contributed by atoms with Crippen molar-refractivity contribution in [2.24, 2.45) is 0 Å². The molecule has 0 N–H and O–H groups in total. The minimum atomic E-state index is -4.63. The first-order valence-corrected chi connectivity index (χ1v) is 38.2. The molecule has 0 aromatic carbocycles. The second-order valence-corrected chi connectivity index (χ2v) is 28.1. The lowest BCUT2D eigenvalue weighted by atomic mass is 10.0. The second-order valence-electron chi connectivity index (χ2n) is 26.7. The van der Waals surface area contributed by atoms with E-state index >= 15 is 0 Å². The van der Waals surface area contributed by atoms with E-state index in [2.05, 4.69) is 13.8 Å². The highest BCUT2D eigenvalue weighted by Crippen LogP contribution is 2.38. The first-order valence-electron chi connectivity index (χ1n) is 36.7. The predicted octanol–water partition coefficient (Wildman–Crippen LogP) is 23.1. The first-order chi connectivity index (χ1) is 40.0. The van der Waals surface area contributed by atoms with Crippen LogP contribution < -0.4 is 4.89 Å². The zero-order chi connectivity index (χ0) is 59.8. The van der Waals surface area contributed by atoms with Gasteiger partial charge >= 0.3 is 11.9 Å². The number of esters is 2. The van der Waals surface area contributed by atoms with Crippen molar-refractivity contribution >= 4 is 19.8 Å². The van der Waals surface area contributed by atoms with Crippen LogP contribution in [0.2, 0.25) is 0 Å². The van der Waals surface area contributed by atoms with Gasteiger partial charge < -0.3 is 27.9 Å². The predicted molar refractivity (Wildman–Crippen MR) is 352 cm³/mol. The van der Waals surface area contributed by atoms with Crippen molar-refractivity contribution in [3.63, 3.8) is 0 Å². The molecular formula is C72H144NO8P. The zero-order valence-corrected chi connectivity index (χ0v) is 56.9. The summed E-state index contributed by atoms with van der Waals surface area (Å²) >= 11 is 0. The summed E-state index contributed by atoms with van der Waals surface area (Å²) in [5.41, 5.74) is 0. The number of hydrogen-bond acceptors (Lipinski definition) is 8. The Bertz CT molecular complexity index is 1340. The van der Waals surface area contributed by atoms with E-state index in [1.54, 1.807) is 0 Å². The van der Waals surface area contributed by atoms with Gasteiger partial charge in [-0.1, -0.05) is 373 Å². The number of hydrogen-bond donors (Lipinski definition) is 0. The number of quaternary nitrogens is 1. The summed E-state index contributed by atoms with van der Waals surface area (Å²) in [4.78, 5) is 38.0. The Hall–Kier alpha value is -0.990. The lowest BCUT2D eigenvalue weighted by molar-refractivity contribution is -0.870. The van der Waals surface area contributed by atoms with E-state index < -0.39 is 26.5 Å². The highest BCUT2D eigenvalue weighted by molar-refractivity contribution is 7.45. The number of ether oxygens (including phenoxy) is 2. The van der Waals surface area contributed by atoms with Crippen LogP contribution in [0.5, 0.6) is 0 Å². The van der Waals surface area contributed by atoms with Crippen LogP contribution >= 0.6 is 7.82 Å². The van der Waals surface area contributed by atoms with Gasteiger partial charge in [0.15, 0.2) is 6.10 Å². The standard InChI is InChI=1S/C72H144NO8P/c1-6-8-10-12-14-16-18-20-22-24-26-27-28-29-30-31-32-33-34-35-36-37-38-39-40-41-42-43-44-45-46-47-49-51-53-55-57-59-61-63-65-72(75)81-70(69-80-82(76,77)79-67-66-73(3,4)5)68-78-71(74)64-62-60-58-56-54-52-50-48-25-23-21-19-17-15-13-11-9-7-2/h70H,6-69H2,1-5H3. The van der Waals surface area contributed by atoms with E-state index in [9.17, 15) is 19.0 Å². The van der Waals surface area contributed by atoms with Crippen molar-refractivity contribution in [2.75, 3.05) is 47.5 Å². The largest absolute Gasteiger partial charge is 0.756 e. The fourth-order valence-electron chi connectivity index (χ4n) is 11.5. The summed E-state index contributed by atoms with van der Waals surface area (Å²) in [6.07, 6.45) is 77.9. The Morgan fingerprint density at radius 3 is 0.780 bits per heavy atom. The van der Waals surface area contributed by atoms with Crippen molar-refractivity contribution in [3.05, 3.63) is 0 Å². The molecule has 2 unspecified atom stereocenters. The maximum Gasteiger partial charge on any atom is 0.306 e. The number of carbonyl (C=O) groups excluding carboxylic acids is 2. The highest BCUT2D eigenvalue weighted by atomic mass is 31.2. The molecule has 0 amide bonds. The molecule has 2 atom stereocenters. The Labute approximate surface area is 512 Å². The minimum absolute atomic E-state index is 0.0249. The van der Waals surface area contributed by atoms with Crippen molar-refractivity contribution in [1.29, 1.82) is 0 Å². The van der Waals surface area contributed by atoms with Gasteiger partial charge in [-0.15, -0.1) is 0 Å². The van der Waals surface area contributed by atoms with Gasteiger partial charge in [0, 0.05) is 12.8 Å². The normalized spacial score (nSPS) is 13.0. The average Bonchev–Trinajstić information content (AvgIpc) is 3.46. The number of nitrogens with zero attached hydrogens (tertiary/aromatic N) is 1. The molecule has 0 fully saturated rings. The fourth-order valence-corrected chi connectivity index (χ4v) is 12.2. The smallest absolute Gasteiger partial charge is 0.306 e. The maximum atomic E-state index is 12.9. The highest BCUT2D eigenvalue weighted by Gasteiger charge is 2.22. The van der Waals surface area contributed by atoms with Crippen LogP contribution in [0.1, 0.15) is 399 Å². The Morgan fingerprint density at radius 2 is 0.549 bits per heavy atom. The van der Waals surface area contributed by atoms with Crippen molar-refractivity contribution < 1.29 is 42.1 Å². The van der Waals surface area contributed by atoms with Gasteiger partial charge in [-0.2, -0.15) is 0 Å². The number of rotatable bonds is 70. The number of unbranched alkanes of at least 4 members (excludes halogenated alkanes) is 56. The molecule has 0 heterocycles. The molecule has 0 bridgehead atoms. The molecule has 0 saturated heterocycles. The van der Waals surface area contributed by atoms with Gasteiger partial charge in [0.25, 0.3) is 7.82 Å². The third kappa shape index (κ3) is 68.1. The molecule has 0 aliphatic rings. The molecule has 0 saturated carbocycles. The van der Waals surface area contributed by atoms with E-state index in [4.69, 9.17) is 18.5 Å². The van der Waals surface area contributed by atoms with Gasteiger partial charge in [0.1, 0.15) is 19.8 Å². The molecule has 10 heteroatoms. The first kappa shape index (κ1) is 81.0. The minimum Gasteiger partial charge on any atom is -0.756 e. The van der Waals surface area contributed by atoms with Crippen molar-refractivity contribution in [1.82, 2.24) is 0 Å². The number of carbonyl (C=O) groups is 2. The van der Waals surface area contributed by atoms with E-state index in [0.717, 1.165) is 32.1 Å². The Kier molecular flexibility index (Phi) is 63.7. The van der Waals surface area contributed by atoms with Gasteiger partial charge in [0.05, 0.1) is 27.7 Å². The van der Waals surface area contributed by atoms with E-state index in [1.165, 1.54) is 334 Å². The molecule has 0 rings (SSSR count). The summed E-state index contributed by atoms with van der Waals surface area (Å²) in [5.74, 6) is -0.805. The molecule has 0 aromatic rings. The van der Waals surface area contributed by atoms with Crippen LogP contribution in [0.3, 0.4) is 0 Å². The quantitative estimate of drug-likeness (QED) is 0.0256. The third-order valence-electron chi connectivity index (χ3n) is 17.1. The molecular weight excluding hydrogens is 1040 g/mol. The topological polar surface area (TPSA) is 111 Å². The summed E-state index contributed by atoms with van der Waals surface area (Å²) in [5, 5.41) is 0. The van der Waals surface area contributed by atoms with E-state index in [1.807, 2.05) is 21.1 Å². The fraction of sp³-hybridized carbons (Fsp3) is 0.972. The second kappa shape index (κ2) is 64.5. The van der Waals surface area contributed by atoms with Crippen molar-refractivity contribution in [2.45, 2.75) is 405 Å². The molecule has 82 heavy (non-hydrogen) atoms. The molecule has 9 nitrogen and oxygen atoms in total. The van der Waals surface area contributed by atoms with Gasteiger partial charge in [0.2, 0.25) is 0 Å². The van der Waals surface area contributed by atoms with Crippen LogP contribution in [0, 0.1) is 0 Å². The lowest BCUT2D eigenvalue weighted by Crippen LogP contribution is -2.37. The average molecular weight is 1180 g/mol. The number of phosphoric acid groups is 1. The molecule has 490 valence electrons. The van der Waals surface area contributed by atoms with Gasteiger partial charge in [-0.05, 0) is 12.8 Å². The number of phosphoric ester groups is 1. The monoisotopic (exact) mass is 1180 g/mol. The van der Waals surface area contributed by atoms with Crippen molar-refractivity contribution in [3.8, 4) is 0 Å². The van der Waals surface area contributed by atoms with Crippen LogP contribution in [0.4, 0.5) is 0 Å². The maximum absolute atomic E-state index is 12.9. The molecule has 0 aromatic heterocycles. The van der Waals surface area contributed by atoms with E-state index in [-0.39, 0.29) is 32.0 Å². The third-order valence-corrected chi connectivity index (χ3v) is 18.1. The SMILES string of the molecule is CCCCCCCCCCCCCCCCCCCCCCCCCCCCCCCCCCCCCCCCCCC(=O)OC(COC(=O)CCCCCCCCCCCCCCCCCCCC)COP(=O)([O-])OCC[N+](C)(C)C. The van der Waals surface area contributed by atoms with Gasteiger partial charge in [-0.3, -0.25) is 14.2 Å². The Morgan fingerprint density at radius 1 is 0.329 bits per heavy atom. The van der Waals surface area contributed by atoms with E-state index in [0.29, 0.717) is 17.4 Å². The number of likely N-dealkylation sites (N-methyl/N-ethyl adjacent to an activating group) is 1. The lowest BCUT2D eigenvalue weighted by Gasteiger charge is -2.28. The molecule has 0 aliphatic heterocycles.